The highest BCUT2D eigenvalue weighted by Gasteiger charge is 2.56. The van der Waals surface area contributed by atoms with Gasteiger partial charge >= 0.3 is 0 Å². The lowest BCUT2D eigenvalue weighted by Crippen LogP contribution is -2.50. The van der Waals surface area contributed by atoms with Crippen molar-refractivity contribution in [2.45, 2.75) is 53.8 Å². The van der Waals surface area contributed by atoms with Gasteiger partial charge in [0.1, 0.15) is 5.60 Å². The van der Waals surface area contributed by atoms with Crippen LogP contribution in [0.1, 0.15) is 52.7 Å². The summed E-state index contributed by atoms with van der Waals surface area (Å²) in [5.74, 6) is 0. The second-order valence-electron chi connectivity index (χ2n) is 7.63. The fourth-order valence-electron chi connectivity index (χ4n) is 3.76. The fraction of sp³-hybridized carbons (Fsp3) is 0.688. The van der Waals surface area contributed by atoms with Crippen molar-refractivity contribution in [3.05, 3.63) is 33.7 Å². The third-order valence-electron chi connectivity index (χ3n) is 4.25. The summed E-state index contributed by atoms with van der Waals surface area (Å²) in [7, 11) is 1.79. The van der Waals surface area contributed by atoms with E-state index in [-0.39, 0.29) is 16.4 Å². The molecular weight excluding hydrogens is 238 g/mol. The van der Waals surface area contributed by atoms with E-state index in [1.165, 1.54) is 0 Å². The first-order valence-electron chi connectivity index (χ1n) is 6.85. The molecular formula is C16H25NO2. The molecule has 0 N–H and O–H groups in total. The normalized spacial score (nSPS) is 18.5. The maximum absolute atomic E-state index is 12.0. The third kappa shape index (κ3) is 1.86. The minimum atomic E-state index is -0.428. The van der Waals surface area contributed by atoms with Crippen LogP contribution in [0.15, 0.2) is 17.1 Å². The Labute approximate surface area is 115 Å². The number of hydrogen-bond donors (Lipinski definition) is 0. The number of ether oxygens (including phenoxy) is 1. The average Bonchev–Trinajstić information content (AvgIpc) is 2.56. The molecule has 0 spiro atoms. The maximum Gasteiger partial charge on any atom is 0.250 e. The van der Waals surface area contributed by atoms with Crippen molar-refractivity contribution in [1.29, 1.82) is 0 Å². The lowest BCUT2D eigenvalue weighted by atomic mass is 9.59. The summed E-state index contributed by atoms with van der Waals surface area (Å²) in [4.78, 5) is 12.0. The summed E-state index contributed by atoms with van der Waals surface area (Å²) in [6, 6.07) is 1.76. The molecule has 0 unspecified atom stereocenters. The molecule has 19 heavy (non-hydrogen) atoms. The first-order valence-corrected chi connectivity index (χ1v) is 6.85. The molecule has 0 radical (unpaired) electrons. The van der Waals surface area contributed by atoms with Crippen molar-refractivity contribution in [2.75, 3.05) is 0 Å². The van der Waals surface area contributed by atoms with E-state index in [0.717, 1.165) is 11.1 Å². The second-order valence-corrected chi connectivity index (χ2v) is 7.63. The van der Waals surface area contributed by atoms with Crippen LogP contribution in [0.5, 0.6) is 0 Å². The molecule has 1 aliphatic rings. The summed E-state index contributed by atoms with van der Waals surface area (Å²) in [5.41, 5.74) is 1.64. The van der Waals surface area contributed by atoms with Crippen LogP contribution in [0.4, 0.5) is 0 Å². The lowest BCUT2D eigenvalue weighted by molar-refractivity contribution is -0.180. The fourth-order valence-corrected chi connectivity index (χ4v) is 3.76. The molecule has 0 saturated carbocycles. The Kier molecular flexibility index (Phi) is 2.98. The number of nitrogens with zero attached hydrogens (tertiary/aromatic N) is 1. The largest absolute Gasteiger partial charge is 0.364 e. The predicted molar refractivity (Wildman–Crippen MR) is 77.1 cm³/mol. The molecule has 0 bridgehead atoms. The Morgan fingerprint density at radius 3 is 2.16 bits per heavy atom. The van der Waals surface area contributed by atoms with Crippen molar-refractivity contribution >= 4 is 0 Å². The number of aryl methyl sites for hydroxylation is 1. The molecule has 2 heterocycles. The van der Waals surface area contributed by atoms with Crippen LogP contribution in [0.25, 0.3) is 0 Å². The standard InChI is InChI=1S/C16H25NO2/c1-14(2,3)16(15(4,5)6)12-8-13(18)17(7)9-11(12)10-19-16/h8-9H,10H2,1-7H3. The molecule has 3 heteroatoms. The topological polar surface area (TPSA) is 31.2 Å². The van der Waals surface area contributed by atoms with Crippen molar-refractivity contribution in [2.24, 2.45) is 17.9 Å². The highest BCUT2D eigenvalue weighted by atomic mass is 16.5. The third-order valence-corrected chi connectivity index (χ3v) is 4.25. The summed E-state index contributed by atoms with van der Waals surface area (Å²) < 4.78 is 7.93. The van der Waals surface area contributed by atoms with E-state index in [0.29, 0.717) is 6.61 Å². The first-order chi connectivity index (χ1) is 8.50. The van der Waals surface area contributed by atoms with Crippen LogP contribution >= 0.6 is 0 Å². The van der Waals surface area contributed by atoms with Crippen LogP contribution in [0.3, 0.4) is 0 Å². The maximum atomic E-state index is 12.0. The Morgan fingerprint density at radius 1 is 1.16 bits per heavy atom. The van der Waals surface area contributed by atoms with E-state index in [1.54, 1.807) is 17.7 Å². The summed E-state index contributed by atoms with van der Waals surface area (Å²) in [5, 5.41) is 0. The van der Waals surface area contributed by atoms with Crippen LogP contribution in [-0.4, -0.2) is 4.57 Å². The number of hydrogen-bond acceptors (Lipinski definition) is 2. The SMILES string of the molecule is Cn1cc2c(cc1=O)C(C(C)(C)C)(C(C)(C)C)OC2. The van der Waals surface area contributed by atoms with Gasteiger partial charge in [0.15, 0.2) is 0 Å². The number of aromatic nitrogens is 1. The Bertz CT molecular complexity index is 542. The zero-order chi connectivity index (χ0) is 14.6. The van der Waals surface area contributed by atoms with Crippen LogP contribution in [0.2, 0.25) is 0 Å². The quantitative estimate of drug-likeness (QED) is 0.719. The lowest BCUT2D eigenvalue weighted by Gasteiger charge is -2.50. The van der Waals surface area contributed by atoms with E-state index in [4.69, 9.17) is 4.74 Å². The van der Waals surface area contributed by atoms with Crippen LogP contribution in [0, 0.1) is 10.8 Å². The van der Waals surface area contributed by atoms with Gasteiger partial charge in [-0.15, -0.1) is 0 Å². The smallest absolute Gasteiger partial charge is 0.250 e. The monoisotopic (exact) mass is 263 g/mol. The van der Waals surface area contributed by atoms with E-state index < -0.39 is 5.60 Å². The minimum absolute atomic E-state index is 0.0297. The molecule has 0 amide bonds. The van der Waals surface area contributed by atoms with E-state index in [9.17, 15) is 4.79 Å². The van der Waals surface area contributed by atoms with Crippen molar-refractivity contribution in [3.63, 3.8) is 0 Å². The molecule has 0 atom stereocenters. The molecule has 0 aliphatic carbocycles. The molecule has 0 aromatic carbocycles. The summed E-state index contributed by atoms with van der Waals surface area (Å²) in [6.07, 6.45) is 1.91. The van der Waals surface area contributed by atoms with Gasteiger partial charge in [0.25, 0.3) is 5.56 Å². The summed E-state index contributed by atoms with van der Waals surface area (Å²) in [6.45, 7) is 13.7. The van der Waals surface area contributed by atoms with Gasteiger partial charge in [0, 0.05) is 24.9 Å². The van der Waals surface area contributed by atoms with Gasteiger partial charge in [-0.3, -0.25) is 4.79 Å². The van der Waals surface area contributed by atoms with Crippen molar-refractivity contribution < 1.29 is 4.74 Å². The van der Waals surface area contributed by atoms with Gasteiger partial charge < -0.3 is 9.30 Å². The first kappa shape index (κ1) is 14.3. The second kappa shape index (κ2) is 3.95. The minimum Gasteiger partial charge on any atom is -0.364 e. The van der Waals surface area contributed by atoms with Crippen LogP contribution in [-0.2, 0) is 24.0 Å². The number of fused-ring (bicyclic) bond motifs is 1. The molecule has 2 rings (SSSR count). The molecule has 1 aromatic rings. The molecule has 106 valence electrons. The Morgan fingerprint density at radius 2 is 1.68 bits per heavy atom. The van der Waals surface area contributed by atoms with Crippen molar-refractivity contribution in [1.82, 2.24) is 4.57 Å². The highest BCUT2D eigenvalue weighted by Crippen LogP contribution is 2.57. The van der Waals surface area contributed by atoms with Gasteiger partial charge in [-0.05, 0) is 16.4 Å². The van der Waals surface area contributed by atoms with E-state index in [1.807, 2.05) is 6.20 Å². The Balaban J connectivity index is 2.78. The number of rotatable bonds is 0. The zero-order valence-electron chi connectivity index (χ0n) is 13.1. The van der Waals surface area contributed by atoms with E-state index in [2.05, 4.69) is 41.5 Å². The van der Waals surface area contributed by atoms with Gasteiger partial charge in [-0.2, -0.15) is 0 Å². The highest BCUT2D eigenvalue weighted by molar-refractivity contribution is 5.37. The zero-order valence-corrected chi connectivity index (χ0v) is 13.1. The molecule has 1 aromatic heterocycles. The van der Waals surface area contributed by atoms with E-state index >= 15 is 0 Å². The summed E-state index contributed by atoms with van der Waals surface area (Å²) >= 11 is 0. The predicted octanol–water partition coefficient (Wildman–Crippen LogP) is 3.20. The Hall–Kier alpha value is -1.09. The van der Waals surface area contributed by atoms with Gasteiger partial charge in [0.05, 0.1) is 6.61 Å². The van der Waals surface area contributed by atoms with Crippen molar-refractivity contribution in [3.8, 4) is 0 Å². The molecule has 0 fully saturated rings. The number of pyridine rings is 1. The van der Waals surface area contributed by atoms with Gasteiger partial charge in [0.2, 0.25) is 0 Å². The van der Waals surface area contributed by atoms with Gasteiger partial charge in [-0.1, -0.05) is 41.5 Å². The molecule has 1 aliphatic heterocycles. The van der Waals surface area contributed by atoms with Crippen LogP contribution < -0.4 is 5.56 Å². The van der Waals surface area contributed by atoms with Gasteiger partial charge in [-0.25, -0.2) is 0 Å². The average molecular weight is 263 g/mol. The molecule has 3 nitrogen and oxygen atoms in total. The molecule has 0 saturated heterocycles.